The topological polar surface area (TPSA) is 30.7 Å². The Balaban J connectivity index is 1.48. The Morgan fingerprint density at radius 1 is 0.447 bits per heavy atom. The largest absolute Gasteiger partial charge is 0.278 e. The van der Waals surface area contributed by atoms with Gasteiger partial charge in [-0.25, -0.2) is 9.97 Å². The standard InChI is InChI=1S/C34H21N3S/c1-3-11-22(12-4-1)28-20-29(23-13-5-2-6-14-23)36-34(35-28)37-30-17-9-7-15-24(30)26-19-27-25-16-8-10-18-32(25)38-33(27)21-31(26)37/h1-21H. The first-order valence-corrected chi connectivity index (χ1v) is 13.5. The molecule has 5 aromatic carbocycles. The van der Waals surface area contributed by atoms with E-state index in [2.05, 4.69) is 120 Å². The zero-order chi connectivity index (χ0) is 25.1. The van der Waals surface area contributed by atoms with Gasteiger partial charge in [-0.2, -0.15) is 0 Å². The van der Waals surface area contributed by atoms with Gasteiger partial charge in [0.15, 0.2) is 0 Å². The third-order valence-corrected chi connectivity index (χ3v) is 8.36. The first kappa shape index (κ1) is 21.3. The Morgan fingerprint density at radius 2 is 1.05 bits per heavy atom. The maximum atomic E-state index is 5.15. The fraction of sp³-hybridized carbons (Fsp3) is 0. The van der Waals surface area contributed by atoms with Crippen molar-refractivity contribution in [1.29, 1.82) is 0 Å². The van der Waals surface area contributed by atoms with Gasteiger partial charge in [0.1, 0.15) is 0 Å². The van der Waals surface area contributed by atoms with Gasteiger partial charge in [-0.05, 0) is 30.3 Å². The van der Waals surface area contributed by atoms with Gasteiger partial charge in [0, 0.05) is 42.1 Å². The van der Waals surface area contributed by atoms with Crippen molar-refractivity contribution in [1.82, 2.24) is 14.5 Å². The van der Waals surface area contributed by atoms with Crippen molar-refractivity contribution in [3.8, 4) is 28.5 Å². The summed E-state index contributed by atoms with van der Waals surface area (Å²) in [6, 6.07) is 44.7. The van der Waals surface area contributed by atoms with Crippen molar-refractivity contribution in [2.24, 2.45) is 0 Å². The summed E-state index contributed by atoms with van der Waals surface area (Å²) in [7, 11) is 0. The summed E-state index contributed by atoms with van der Waals surface area (Å²) in [4.78, 5) is 10.3. The number of hydrogen-bond donors (Lipinski definition) is 0. The number of fused-ring (bicyclic) bond motifs is 6. The molecule has 0 unspecified atom stereocenters. The lowest BCUT2D eigenvalue weighted by Crippen LogP contribution is -2.03. The first-order valence-electron chi connectivity index (χ1n) is 12.7. The molecule has 0 saturated heterocycles. The smallest absolute Gasteiger partial charge is 0.235 e. The van der Waals surface area contributed by atoms with Crippen LogP contribution in [0.5, 0.6) is 0 Å². The van der Waals surface area contributed by atoms with Crippen LogP contribution in [0, 0.1) is 0 Å². The molecule has 3 nitrogen and oxygen atoms in total. The molecule has 0 saturated carbocycles. The molecule has 178 valence electrons. The van der Waals surface area contributed by atoms with Crippen molar-refractivity contribution >= 4 is 53.3 Å². The zero-order valence-corrected chi connectivity index (χ0v) is 21.2. The molecule has 0 fully saturated rings. The third kappa shape index (κ3) is 3.28. The summed E-state index contributed by atoms with van der Waals surface area (Å²) in [5.74, 6) is 0.678. The second-order valence-electron chi connectivity index (χ2n) is 9.49. The van der Waals surface area contributed by atoms with Gasteiger partial charge in [-0.3, -0.25) is 4.57 Å². The summed E-state index contributed by atoms with van der Waals surface area (Å²) < 4.78 is 4.80. The number of thiophene rings is 1. The predicted molar refractivity (Wildman–Crippen MR) is 160 cm³/mol. The van der Waals surface area contributed by atoms with Crippen molar-refractivity contribution in [2.75, 3.05) is 0 Å². The number of hydrogen-bond acceptors (Lipinski definition) is 3. The van der Waals surface area contributed by atoms with E-state index < -0.39 is 0 Å². The molecular formula is C34H21N3S. The highest BCUT2D eigenvalue weighted by atomic mass is 32.1. The molecule has 3 aromatic heterocycles. The Bertz CT molecular complexity index is 2070. The number of para-hydroxylation sites is 1. The minimum Gasteiger partial charge on any atom is -0.278 e. The van der Waals surface area contributed by atoms with Crippen LogP contribution in [0.2, 0.25) is 0 Å². The summed E-state index contributed by atoms with van der Waals surface area (Å²) in [5.41, 5.74) is 6.18. The van der Waals surface area contributed by atoms with Crippen LogP contribution < -0.4 is 0 Å². The van der Waals surface area contributed by atoms with E-state index >= 15 is 0 Å². The van der Waals surface area contributed by atoms with Gasteiger partial charge in [-0.1, -0.05) is 97.1 Å². The van der Waals surface area contributed by atoms with Gasteiger partial charge < -0.3 is 0 Å². The van der Waals surface area contributed by atoms with Crippen LogP contribution >= 0.6 is 11.3 Å². The lowest BCUT2D eigenvalue weighted by molar-refractivity contribution is 0.996. The van der Waals surface area contributed by atoms with E-state index in [0.717, 1.165) is 33.5 Å². The van der Waals surface area contributed by atoms with Crippen LogP contribution in [0.4, 0.5) is 0 Å². The van der Waals surface area contributed by atoms with Crippen LogP contribution in [0.3, 0.4) is 0 Å². The van der Waals surface area contributed by atoms with E-state index in [1.807, 2.05) is 23.5 Å². The molecule has 0 radical (unpaired) electrons. The second kappa shape index (κ2) is 8.37. The molecule has 0 aliphatic carbocycles. The molecule has 4 heteroatoms. The average molecular weight is 504 g/mol. The van der Waals surface area contributed by atoms with Gasteiger partial charge in [-0.15, -0.1) is 11.3 Å². The van der Waals surface area contributed by atoms with Gasteiger partial charge in [0.25, 0.3) is 0 Å². The highest BCUT2D eigenvalue weighted by molar-refractivity contribution is 7.25. The predicted octanol–water partition coefficient (Wildman–Crippen LogP) is 9.28. The van der Waals surface area contributed by atoms with Gasteiger partial charge in [0.05, 0.1) is 22.4 Å². The van der Waals surface area contributed by atoms with Crippen LogP contribution in [0.1, 0.15) is 0 Å². The van der Waals surface area contributed by atoms with Gasteiger partial charge >= 0.3 is 0 Å². The monoisotopic (exact) mass is 503 g/mol. The van der Waals surface area contributed by atoms with E-state index in [4.69, 9.17) is 9.97 Å². The van der Waals surface area contributed by atoms with Gasteiger partial charge in [0.2, 0.25) is 5.95 Å². The van der Waals surface area contributed by atoms with Crippen LogP contribution in [-0.2, 0) is 0 Å². The molecule has 38 heavy (non-hydrogen) atoms. The minimum absolute atomic E-state index is 0.678. The highest BCUT2D eigenvalue weighted by Crippen LogP contribution is 2.40. The zero-order valence-electron chi connectivity index (χ0n) is 20.4. The molecule has 0 spiro atoms. The number of benzene rings is 5. The van der Waals surface area contributed by atoms with E-state index in [1.165, 1.54) is 30.9 Å². The maximum Gasteiger partial charge on any atom is 0.235 e. The van der Waals surface area contributed by atoms with Crippen molar-refractivity contribution < 1.29 is 0 Å². The van der Waals surface area contributed by atoms with Crippen molar-refractivity contribution in [3.05, 3.63) is 127 Å². The summed E-state index contributed by atoms with van der Waals surface area (Å²) in [5, 5.41) is 5.02. The van der Waals surface area contributed by atoms with Crippen LogP contribution in [0.15, 0.2) is 127 Å². The molecule has 0 N–H and O–H groups in total. The van der Waals surface area contributed by atoms with E-state index in [9.17, 15) is 0 Å². The highest BCUT2D eigenvalue weighted by Gasteiger charge is 2.18. The molecule has 0 atom stereocenters. The van der Waals surface area contributed by atoms with Crippen molar-refractivity contribution in [2.45, 2.75) is 0 Å². The minimum atomic E-state index is 0.678. The maximum absolute atomic E-state index is 5.15. The molecule has 8 rings (SSSR count). The fourth-order valence-electron chi connectivity index (χ4n) is 5.45. The Hall–Kier alpha value is -4.80. The number of rotatable bonds is 3. The molecular weight excluding hydrogens is 482 g/mol. The summed E-state index contributed by atoms with van der Waals surface area (Å²) in [6.45, 7) is 0. The Morgan fingerprint density at radius 3 is 1.76 bits per heavy atom. The average Bonchev–Trinajstić information content (AvgIpc) is 3.51. The Labute approximate surface area is 223 Å². The fourth-order valence-corrected chi connectivity index (χ4v) is 6.57. The lowest BCUT2D eigenvalue weighted by Gasteiger charge is -2.11. The van der Waals surface area contributed by atoms with E-state index in [-0.39, 0.29) is 0 Å². The summed E-state index contributed by atoms with van der Waals surface area (Å²) >= 11 is 1.84. The molecule has 0 bridgehead atoms. The van der Waals surface area contributed by atoms with E-state index in [1.54, 1.807) is 0 Å². The molecule has 0 aliphatic rings. The lowest BCUT2D eigenvalue weighted by atomic mass is 10.1. The Kier molecular flexibility index (Phi) is 4.69. The van der Waals surface area contributed by atoms with E-state index in [0.29, 0.717) is 5.95 Å². The SMILES string of the molecule is c1ccc(-c2cc(-c3ccccc3)nc(-n3c4ccccc4c4cc5c(cc43)sc3ccccc35)n2)cc1. The number of nitrogens with zero attached hydrogens (tertiary/aromatic N) is 3. The molecule has 3 heterocycles. The summed E-state index contributed by atoms with van der Waals surface area (Å²) in [6.07, 6.45) is 0. The second-order valence-corrected chi connectivity index (χ2v) is 10.6. The number of aromatic nitrogens is 3. The molecule has 8 aromatic rings. The van der Waals surface area contributed by atoms with Crippen LogP contribution in [-0.4, -0.2) is 14.5 Å². The normalized spacial score (nSPS) is 11.7. The van der Waals surface area contributed by atoms with Crippen molar-refractivity contribution in [3.63, 3.8) is 0 Å². The third-order valence-electron chi connectivity index (χ3n) is 7.22. The molecule has 0 amide bonds. The molecule has 0 aliphatic heterocycles. The van der Waals surface area contributed by atoms with Crippen LogP contribution in [0.25, 0.3) is 70.4 Å². The first-order chi connectivity index (χ1) is 18.8. The quantitative estimate of drug-likeness (QED) is 0.240.